The molecule has 1 aliphatic rings. The molecule has 0 saturated carbocycles. The second-order valence-corrected chi connectivity index (χ2v) is 6.91. The summed E-state index contributed by atoms with van der Waals surface area (Å²) in [6.45, 7) is 1.82. The van der Waals surface area contributed by atoms with E-state index in [0.717, 1.165) is 24.8 Å². The van der Waals surface area contributed by atoms with Crippen molar-refractivity contribution in [3.8, 4) is 5.75 Å². The number of hydrogen-bond acceptors (Lipinski definition) is 4. The zero-order chi connectivity index (χ0) is 14.6. The van der Waals surface area contributed by atoms with Crippen LogP contribution in [0.4, 0.5) is 0 Å². The van der Waals surface area contributed by atoms with Crippen LogP contribution in [0.25, 0.3) is 0 Å². The maximum atomic E-state index is 12.6. The van der Waals surface area contributed by atoms with Crippen molar-refractivity contribution in [2.75, 3.05) is 27.2 Å². The van der Waals surface area contributed by atoms with E-state index >= 15 is 0 Å². The fraction of sp³-hybridized carbons (Fsp3) is 0.571. The molecule has 1 heterocycles. The van der Waals surface area contributed by atoms with Gasteiger partial charge < -0.3 is 10.1 Å². The smallest absolute Gasteiger partial charge is 0.243 e. The first-order valence-corrected chi connectivity index (χ1v) is 8.35. The molecule has 1 fully saturated rings. The molecule has 1 N–H and O–H groups in total. The summed E-state index contributed by atoms with van der Waals surface area (Å²) in [6.07, 6.45) is 3.00. The molecule has 0 aromatic heterocycles. The van der Waals surface area contributed by atoms with Crippen LogP contribution in [0.1, 0.15) is 24.8 Å². The summed E-state index contributed by atoms with van der Waals surface area (Å²) >= 11 is 0. The summed E-state index contributed by atoms with van der Waals surface area (Å²) in [5, 5.41) is 3.03. The molecular weight excluding hydrogens is 276 g/mol. The molecule has 0 aliphatic carbocycles. The summed E-state index contributed by atoms with van der Waals surface area (Å²) in [7, 11) is 0.0374. The lowest BCUT2D eigenvalue weighted by atomic mass is 10.2. The van der Waals surface area contributed by atoms with Gasteiger partial charge in [0.2, 0.25) is 10.0 Å². The average molecular weight is 298 g/mol. The molecule has 0 amide bonds. The van der Waals surface area contributed by atoms with Gasteiger partial charge in [-0.2, -0.15) is 4.31 Å². The first-order chi connectivity index (χ1) is 9.59. The Labute approximate surface area is 121 Å². The molecule has 1 aliphatic heterocycles. The quantitative estimate of drug-likeness (QED) is 0.897. The fourth-order valence-corrected chi connectivity index (χ4v) is 4.07. The maximum Gasteiger partial charge on any atom is 0.243 e. The van der Waals surface area contributed by atoms with E-state index in [0.29, 0.717) is 30.3 Å². The van der Waals surface area contributed by atoms with Crippen LogP contribution in [0.3, 0.4) is 0 Å². The van der Waals surface area contributed by atoms with Crippen molar-refractivity contribution in [2.45, 2.75) is 30.7 Å². The zero-order valence-electron chi connectivity index (χ0n) is 12.1. The fourth-order valence-electron chi connectivity index (χ4n) is 2.50. The highest BCUT2D eigenvalue weighted by atomic mass is 32.2. The van der Waals surface area contributed by atoms with E-state index in [2.05, 4.69) is 5.32 Å². The summed E-state index contributed by atoms with van der Waals surface area (Å²) in [4.78, 5) is 0.352. The van der Waals surface area contributed by atoms with Crippen molar-refractivity contribution in [3.63, 3.8) is 0 Å². The number of hydrogen-bond donors (Lipinski definition) is 1. The standard InChI is InChI=1S/C14H22N2O3S/c1-15-11-12-10-13(6-7-14(12)19-2)20(17,18)16-8-4-3-5-9-16/h6-7,10,15H,3-5,8-9,11H2,1-2H3. The number of ether oxygens (including phenoxy) is 1. The van der Waals surface area contributed by atoms with Gasteiger partial charge in [-0.25, -0.2) is 8.42 Å². The van der Waals surface area contributed by atoms with Crippen LogP contribution in [0.5, 0.6) is 5.75 Å². The third-order valence-electron chi connectivity index (χ3n) is 3.57. The molecule has 0 atom stereocenters. The number of rotatable bonds is 5. The van der Waals surface area contributed by atoms with Crippen molar-refractivity contribution in [1.29, 1.82) is 0 Å². The number of nitrogens with one attached hydrogen (secondary N) is 1. The van der Waals surface area contributed by atoms with Gasteiger partial charge in [-0.1, -0.05) is 6.42 Å². The van der Waals surface area contributed by atoms with Gasteiger partial charge in [0.25, 0.3) is 0 Å². The van der Waals surface area contributed by atoms with Crippen molar-refractivity contribution in [2.24, 2.45) is 0 Å². The normalized spacial score (nSPS) is 17.1. The van der Waals surface area contributed by atoms with Gasteiger partial charge in [0.15, 0.2) is 0 Å². The van der Waals surface area contributed by atoms with Crippen LogP contribution in [0.2, 0.25) is 0 Å². The predicted molar refractivity (Wildman–Crippen MR) is 78.4 cm³/mol. The maximum absolute atomic E-state index is 12.6. The van der Waals surface area contributed by atoms with E-state index < -0.39 is 10.0 Å². The first kappa shape index (κ1) is 15.3. The van der Waals surface area contributed by atoms with E-state index in [1.54, 1.807) is 29.6 Å². The van der Waals surface area contributed by atoms with Crippen molar-refractivity contribution in [3.05, 3.63) is 23.8 Å². The van der Waals surface area contributed by atoms with Crippen molar-refractivity contribution in [1.82, 2.24) is 9.62 Å². The van der Waals surface area contributed by atoms with Crippen LogP contribution in [-0.4, -0.2) is 40.0 Å². The van der Waals surface area contributed by atoms with Crippen LogP contribution >= 0.6 is 0 Å². The molecule has 2 rings (SSSR count). The Morgan fingerprint density at radius 1 is 1.25 bits per heavy atom. The highest BCUT2D eigenvalue weighted by Gasteiger charge is 2.26. The van der Waals surface area contributed by atoms with E-state index in [1.165, 1.54) is 0 Å². The lowest BCUT2D eigenvalue weighted by Gasteiger charge is -2.26. The molecule has 1 aromatic carbocycles. The van der Waals surface area contributed by atoms with Gasteiger partial charge in [0.1, 0.15) is 5.75 Å². The Balaban J connectivity index is 2.33. The molecule has 5 nitrogen and oxygen atoms in total. The highest BCUT2D eigenvalue weighted by Crippen LogP contribution is 2.26. The molecular formula is C14H22N2O3S. The van der Waals surface area contributed by atoms with Crippen LogP contribution in [0.15, 0.2) is 23.1 Å². The molecule has 0 bridgehead atoms. The Kier molecular flexibility index (Phi) is 5.01. The number of nitrogens with zero attached hydrogens (tertiary/aromatic N) is 1. The second-order valence-electron chi connectivity index (χ2n) is 4.97. The zero-order valence-corrected chi connectivity index (χ0v) is 12.9. The molecule has 0 radical (unpaired) electrons. The minimum Gasteiger partial charge on any atom is -0.496 e. The van der Waals surface area contributed by atoms with Gasteiger partial charge in [-0.3, -0.25) is 0 Å². The number of piperidine rings is 1. The van der Waals surface area contributed by atoms with Gasteiger partial charge in [-0.05, 0) is 38.1 Å². The molecule has 6 heteroatoms. The molecule has 20 heavy (non-hydrogen) atoms. The van der Waals surface area contributed by atoms with Crippen LogP contribution in [0, 0.1) is 0 Å². The number of sulfonamides is 1. The van der Waals surface area contributed by atoms with Gasteiger partial charge in [0.05, 0.1) is 12.0 Å². The minimum absolute atomic E-state index is 0.352. The second kappa shape index (κ2) is 6.56. The summed E-state index contributed by atoms with van der Waals surface area (Å²) in [6, 6.07) is 5.06. The molecule has 0 unspecified atom stereocenters. The minimum atomic E-state index is -3.38. The Morgan fingerprint density at radius 2 is 1.95 bits per heavy atom. The lowest BCUT2D eigenvalue weighted by Crippen LogP contribution is -2.35. The summed E-state index contributed by atoms with van der Waals surface area (Å²) < 4.78 is 32.1. The van der Waals surface area contributed by atoms with Crippen LogP contribution < -0.4 is 10.1 Å². The largest absolute Gasteiger partial charge is 0.496 e. The lowest BCUT2D eigenvalue weighted by molar-refractivity contribution is 0.346. The molecule has 1 saturated heterocycles. The molecule has 1 aromatic rings. The number of methoxy groups -OCH3 is 1. The Morgan fingerprint density at radius 3 is 2.55 bits per heavy atom. The van der Waals surface area contributed by atoms with E-state index in [4.69, 9.17) is 4.74 Å². The van der Waals surface area contributed by atoms with E-state index in [1.807, 2.05) is 7.05 Å². The highest BCUT2D eigenvalue weighted by molar-refractivity contribution is 7.89. The third-order valence-corrected chi connectivity index (χ3v) is 5.47. The Bertz CT molecular complexity index is 552. The van der Waals surface area contributed by atoms with Gasteiger partial charge >= 0.3 is 0 Å². The van der Waals surface area contributed by atoms with Crippen molar-refractivity contribution < 1.29 is 13.2 Å². The Hall–Kier alpha value is -1.11. The summed E-state index contributed by atoms with van der Waals surface area (Å²) in [5.41, 5.74) is 0.855. The first-order valence-electron chi connectivity index (χ1n) is 6.91. The predicted octanol–water partition coefficient (Wildman–Crippen LogP) is 1.59. The third kappa shape index (κ3) is 3.13. The summed E-state index contributed by atoms with van der Waals surface area (Å²) in [5.74, 6) is 0.706. The molecule has 112 valence electrons. The SMILES string of the molecule is CNCc1cc(S(=O)(=O)N2CCCCC2)ccc1OC. The van der Waals surface area contributed by atoms with Gasteiger partial charge in [-0.15, -0.1) is 0 Å². The number of benzene rings is 1. The topological polar surface area (TPSA) is 58.6 Å². The van der Waals surface area contributed by atoms with Gasteiger partial charge in [0, 0.05) is 25.2 Å². The monoisotopic (exact) mass is 298 g/mol. The average Bonchev–Trinajstić information content (AvgIpc) is 2.48. The van der Waals surface area contributed by atoms with Crippen LogP contribution in [-0.2, 0) is 16.6 Å². The van der Waals surface area contributed by atoms with E-state index in [9.17, 15) is 8.42 Å². The van der Waals surface area contributed by atoms with Crippen molar-refractivity contribution >= 4 is 10.0 Å². The van der Waals surface area contributed by atoms with E-state index in [-0.39, 0.29) is 0 Å². The molecule has 0 spiro atoms.